The van der Waals surface area contributed by atoms with E-state index < -0.39 is 17.9 Å². The first-order valence-electron chi connectivity index (χ1n) is 9.53. The largest absolute Gasteiger partial charge is 0.437 e. The van der Waals surface area contributed by atoms with Gasteiger partial charge in [-0.25, -0.2) is 14.7 Å². The summed E-state index contributed by atoms with van der Waals surface area (Å²) >= 11 is 0. The fraction of sp³-hybridized carbons (Fsp3) is 0.130. The molecule has 4 rings (SSSR count). The van der Waals surface area contributed by atoms with Crippen LogP contribution in [0, 0.1) is 6.92 Å². The maximum atomic E-state index is 14.4. The molecule has 3 aromatic carbocycles. The Morgan fingerprint density at radius 1 is 0.903 bits per heavy atom. The summed E-state index contributed by atoms with van der Waals surface area (Å²) in [7, 11) is 0. The van der Waals surface area contributed by atoms with Crippen molar-refractivity contribution in [2.45, 2.75) is 18.8 Å². The highest BCUT2D eigenvalue weighted by Crippen LogP contribution is 2.42. The molecule has 0 saturated heterocycles. The second kappa shape index (κ2) is 7.79. The van der Waals surface area contributed by atoms with Crippen molar-refractivity contribution in [1.29, 1.82) is 0 Å². The van der Waals surface area contributed by atoms with Gasteiger partial charge in [-0.1, -0.05) is 66.2 Å². The zero-order chi connectivity index (χ0) is 22.1. The highest BCUT2D eigenvalue weighted by molar-refractivity contribution is 6.21. The van der Waals surface area contributed by atoms with Crippen LogP contribution in [0.3, 0.4) is 0 Å². The molecule has 1 unspecified atom stereocenters. The molecular formula is C23H19F3N4O. The van der Waals surface area contributed by atoms with Gasteiger partial charge >= 0.3 is 12.2 Å². The summed E-state index contributed by atoms with van der Waals surface area (Å²) in [5.41, 5.74) is -1.45. The average molecular weight is 424 g/mol. The summed E-state index contributed by atoms with van der Waals surface area (Å²) in [4.78, 5) is 18.2. The number of guanidine groups is 1. The molecule has 0 aromatic heterocycles. The third-order valence-electron chi connectivity index (χ3n) is 4.90. The first kappa shape index (κ1) is 20.5. The molecule has 1 atom stereocenters. The van der Waals surface area contributed by atoms with Gasteiger partial charge in [-0.05, 0) is 31.2 Å². The number of alkyl halides is 3. The lowest BCUT2D eigenvalue weighted by Crippen LogP contribution is -2.64. The molecule has 1 aliphatic rings. The number of hydrogen-bond donors (Lipinski definition) is 2. The van der Waals surface area contributed by atoms with Crippen LogP contribution >= 0.6 is 0 Å². The molecule has 8 heteroatoms. The highest BCUT2D eigenvalue weighted by Gasteiger charge is 2.60. The fourth-order valence-corrected chi connectivity index (χ4v) is 3.32. The SMILES string of the molecule is Cc1ccc(C2(C(F)(F)F)N=C(Nc3ccccc3)N(c3ccccc3)C(=O)N2)cc1. The van der Waals surface area contributed by atoms with Crippen LogP contribution in [-0.4, -0.2) is 18.2 Å². The number of aryl methyl sites for hydroxylation is 1. The molecule has 0 aliphatic carbocycles. The molecule has 2 N–H and O–H groups in total. The highest BCUT2D eigenvalue weighted by atomic mass is 19.4. The number of urea groups is 1. The van der Waals surface area contributed by atoms with E-state index in [0.717, 1.165) is 10.5 Å². The molecule has 31 heavy (non-hydrogen) atoms. The third-order valence-corrected chi connectivity index (χ3v) is 4.90. The van der Waals surface area contributed by atoms with Crippen molar-refractivity contribution in [3.8, 4) is 0 Å². The zero-order valence-electron chi connectivity index (χ0n) is 16.5. The molecule has 0 fully saturated rings. The van der Waals surface area contributed by atoms with Gasteiger partial charge in [0.15, 0.2) is 0 Å². The lowest BCUT2D eigenvalue weighted by molar-refractivity contribution is -0.195. The number of carbonyl (C=O) groups excluding carboxylic acids is 1. The van der Waals surface area contributed by atoms with Crippen LogP contribution < -0.4 is 15.5 Å². The maximum absolute atomic E-state index is 14.4. The van der Waals surface area contributed by atoms with Gasteiger partial charge in [0.05, 0.1) is 5.69 Å². The topological polar surface area (TPSA) is 56.7 Å². The average Bonchev–Trinajstić information content (AvgIpc) is 2.74. The van der Waals surface area contributed by atoms with Crippen LogP contribution in [0.1, 0.15) is 11.1 Å². The Bertz CT molecular complexity index is 1100. The first-order chi connectivity index (χ1) is 14.8. The van der Waals surface area contributed by atoms with Gasteiger partial charge in [-0.15, -0.1) is 0 Å². The number of para-hydroxylation sites is 2. The number of rotatable bonds is 3. The first-order valence-corrected chi connectivity index (χ1v) is 9.53. The monoisotopic (exact) mass is 424 g/mol. The molecule has 2 amide bonds. The van der Waals surface area contributed by atoms with Gasteiger partial charge in [0, 0.05) is 11.3 Å². The van der Waals surface area contributed by atoms with E-state index in [-0.39, 0.29) is 11.5 Å². The predicted octanol–water partition coefficient (Wildman–Crippen LogP) is 5.41. The molecule has 0 saturated carbocycles. The van der Waals surface area contributed by atoms with Crippen LogP contribution in [0.4, 0.5) is 29.3 Å². The molecule has 0 radical (unpaired) electrons. The van der Waals surface area contributed by atoms with E-state index in [1.165, 1.54) is 12.1 Å². The Morgan fingerprint density at radius 2 is 1.48 bits per heavy atom. The Morgan fingerprint density at radius 3 is 2.06 bits per heavy atom. The summed E-state index contributed by atoms with van der Waals surface area (Å²) in [6.07, 6.45) is -4.88. The molecule has 0 bridgehead atoms. The van der Waals surface area contributed by atoms with Crippen molar-refractivity contribution < 1.29 is 18.0 Å². The van der Waals surface area contributed by atoms with Gasteiger partial charge in [0.25, 0.3) is 5.66 Å². The van der Waals surface area contributed by atoms with Crippen LogP contribution in [0.2, 0.25) is 0 Å². The Labute approximate surface area is 177 Å². The number of benzene rings is 3. The minimum absolute atomic E-state index is 0.181. The summed E-state index contributed by atoms with van der Waals surface area (Å²) in [6.45, 7) is 1.77. The molecule has 158 valence electrons. The second-order valence-corrected chi connectivity index (χ2v) is 7.10. The number of nitrogens with zero attached hydrogens (tertiary/aromatic N) is 2. The summed E-state index contributed by atoms with van der Waals surface area (Å²) in [5.74, 6) is -0.237. The van der Waals surface area contributed by atoms with Gasteiger partial charge < -0.3 is 10.6 Å². The molecule has 5 nitrogen and oxygen atoms in total. The van der Waals surface area contributed by atoms with Crippen molar-refractivity contribution in [3.05, 3.63) is 96.1 Å². The molecule has 1 heterocycles. The second-order valence-electron chi connectivity index (χ2n) is 7.10. The maximum Gasteiger partial charge on any atom is 0.437 e. The van der Waals surface area contributed by atoms with E-state index in [2.05, 4.69) is 15.6 Å². The number of hydrogen-bond acceptors (Lipinski definition) is 3. The Balaban J connectivity index is 1.91. The molecular weight excluding hydrogens is 405 g/mol. The number of aliphatic imine (C=N–C) groups is 1. The zero-order valence-corrected chi connectivity index (χ0v) is 16.5. The lowest BCUT2D eigenvalue weighted by Gasteiger charge is -2.40. The Hall–Kier alpha value is -3.81. The third kappa shape index (κ3) is 3.84. The minimum atomic E-state index is -4.88. The van der Waals surface area contributed by atoms with E-state index in [9.17, 15) is 18.0 Å². The van der Waals surface area contributed by atoms with E-state index in [0.29, 0.717) is 11.4 Å². The van der Waals surface area contributed by atoms with Gasteiger partial charge in [-0.3, -0.25) is 0 Å². The lowest BCUT2D eigenvalue weighted by atomic mass is 9.97. The Kier molecular flexibility index (Phi) is 5.14. The summed E-state index contributed by atoms with van der Waals surface area (Å²) in [6, 6.07) is 21.8. The van der Waals surface area contributed by atoms with Crippen LogP contribution in [0.25, 0.3) is 0 Å². The number of anilines is 2. The minimum Gasteiger partial charge on any atom is -0.325 e. The van der Waals surface area contributed by atoms with E-state index in [4.69, 9.17) is 0 Å². The van der Waals surface area contributed by atoms with E-state index in [1.54, 1.807) is 79.7 Å². The van der Waals surface area contributed by atoms with Gasteiger partial charge in [0.1, 0.15) is 0 Å². The van der Waals surface area contributed by atoms with Crippen LogP contribution in [0.5, 0.6) is 0 Å². The number of nitrogens with one attached hydrogen (secondary N) is 2. The van der Waals surface area contributed by atoms with Crippen LogP contribution in [-0.2, 0) is 5.66 Å². The van der Waals surface area contributed by atoms with Gasteiger partial charge in [0.2, 0.25) is 5.96 Å². The van der Waals surface area contributed by atoms with Gasteiger partial charge in [-0.2, -0.15) is 13.2 Å². The standard InChI is InChI=1S/C23H19F3N4O/c1-16-12-14-17(15-13-16)22(23(24,25)26)28-20(27-18-8-4-2-5-9-18)30(21(31)29-22)19-10-6-3-7-11-19/h2-15H,1H3,(H,27,28)(H,29,31). The molecule has 1 aliphatic heterocycles. The van der Waals surface area contributed by atoms with Crippen LogP contribution in [0.15, 0.2) is 89.9 Å². The van der Waals surface area contributed by atoms with E-state index in [1.807, 2.05) is 0 Å². The quantitative estimate of drug-likeness (QED) is 0.591. The van der Waals surface area contributed by atoms with Crippen molar-refractivity contribution in [2.75, 3.05) is 10.2 Å². The van der Waals surface area contributed by atoms with Crippen molar-refractivity contribution in [3.63, 3.8) is 0 Å². The van der Waals surface area contributed by atoms with Crippen molar-refractivity contribution in [2.24, 2.45) is 4.99 Å². The number of carbonyl (C=O) groups is 1. The van der Waals surface area contributed by atoms with Crippen molar-refractivity contribution >= 4 is 23.4 Å². The van der Waals surface area contributed by atoms with E-state index >= 15 is 0 Å². The number of halogens is 3. The normalized spacial score (nSPS) is 18.9. The molecule has 3 aromatic rings. The fourth-order valence-electron chi connectivity index (χ4n) is 3.32. The van der Waals surface area contributed by atoms with Crippen molar-refractivity contribution in [1.82, 2.24) is 5.32 Å². The molecule has 0 spiro atoms. The summed E-state index contributed by atoms with van der Waals surface area (Å²) in [5, 5.41) is 4.99. The smallest absolute Gasteiger partial charge is 0.325 e. The summed E-state index contributed by atoms with van der Waals surface area (Å²) < 4.78 is 43.3. The predicted molar refractivity (Wildman–Crippen MR) is 114 cm³/mol. The number of amides is 2.